The van der Waals surface area contributed by atoms with Crippen LogP contribution in [-0.4, -0.2) is 40.9 Å². The Morgan fingerprint density at radius 3 is 3.00 bits per heavy atom. The summed E-state index contributed by atoms with van der Waals surface area (Å²) in [5, 5.41) is 3.21. The number of nitrogens with one attached hydrogen (secondary N) is 1. The molecule has 0 saturated carbocycles. The topological polar surface area (TPSA) is 36.8 Å². The number of fused-ring (bicyclic) bond motifs is 3. The van der Waals surface area contributed by atoms with Crippen LogP contribution in [0, 0.1) is 5.92 Å². The van der Waals surface area contributed by atoms with Gasteiger partial charge in [0.1, 0.15) is 0 Å². The van der Waals surface area contributed by atoms with Crippen molar-refractivity contribution in [2.45, 2.75) is 18.9 Å². The Bertz CT molecular complexity index is 684. The first-order chi connectivity index (χ1) is 10.2. The minimum Gasteiger partial charge on any atom is -0.348 e. The number of carbonyl (C=O) groups is 1. The Balaban J connectivity index is 1.52. The molecule has 1 amide bonds. The summed E-state index contributed by atoms with van der Waals surface area (Å²) in [7, 11) is 0. The summed E-state index contributed by atoms with van der Waals surface area (Å²) < 4.78 is 3.02. The molecule has 0 spiro atoms. The minimum absolute atomic E-state index is 0.0399. The van der Waals surface area contributed by atoms with Gasteiger partial charge in [0, 0.05) is 41.6 Å². The van der Waals surface area contributed by atoms with Crippen molar-refractivity contribution in [3.05, 3.63) is 40.6 Å². The summed E-state index contributed by atoms with van der Waals surface area (Å²) in [4.78, 5) is 14.9. The molecule has 1 N–H and O–H groups in total. The molecule has 5 heteroatoms. The summed E-state index contributed by atoms with van der Waals surface area (Å²) >= 11 is 3.51. The highest BCUT2D eigenvalue weighted by atomic mass is 79.9. The average molecular weight is 348 g/mol. The van der Waals surface area contributed by atoms with Gasteiger partial charge in [-0.3, -0.25) is 4.79 Å². The molecule has 2 aliphatic heterocycles. The van der Waals surface area contributed by atoms with Gasteiger partial charge in [-0.15, -0.1) is 0 Å². The van der Waals surface area contributed by atoms with E-state index in [9.17, 15) is 4.79 Å². The minimum atomic E-state index is 0.0399. The summed E-state index contributed by atoms with van der Waals surface area (Å²) in [6.45, 7) is 3.41. The van der Waals surface area contributed by atoms with E-state index in [0.717, 1.165) is 34.4 Å². The standard InChI is InChI=1S/C16H18BrN3O/c17-14-3-6-20-5-2-12(8-15(14)20)16(21)18-13-7-11-1-4-19(9-11)10-13/h2-3,5-6,8,11,13H,1,4,7,9-10H2,(H,18,21)/t11-,13-/m1/s1. The van der Waals surface area contributed by atoms with Crippen LogP contribution in [0.5, 0.6) is 0 Å². The fourth-order valence-corrected chi connectivity index (χ4v) is 4.08. The molecule has 2 bridgehead atoms. The van der Waals surface area contributed by atoms with Crippen LogP contribution < -0.4 is 5.32 Å². The highest BCUT2D eigenvalue weighted by molar-refractivity contribution is 9.10. The molecule has 4 rings (SSSR count). The lowest BCUT2D eigenvalue weighted by Gasteiger charge is -2.30. The van der Waals surface area contributed by atoms with Gasteiger partial charge < -0.3 is 14.6 Å². The van der Waals surface area contributed by atoms with Gasteiger partial charge in [0.05, 0.1) is 5.52 Å². The van der Waals surface area contributed by atoms with Crippen LogP contribution in [-0.2, 0) is 0 Å². The van der Waals surface area contributed by atoms with Crippen LogP contribution in [0.15, 0.2) is 35.1 Å². The number of carbonyl (C=O) groups excluding carboxylic acids is 1. The summed E-state index contributed by atoms with van der Waals surface area (Å²) in [5.41, 5.74) is 1.75. The molecular weight excluding hydrogens is 330 g/mol. The molecule has 4 heterocycles. The molecule has 2 aromatic rings. The molecule has 4 nitrogen and oxygen atoms in total. The summed E-state index contributed by atoms with van der Waals surface area (Å²) in [6, 6.07) is 6.11. The molecule has 21 heavy (non-hydrogen) atoms. The summed E-state index contributed by atoms with van der Waals surface area (Å²) in [5.74, 6) is 0.810. The molecule has 0 aromatic carbocycles. The number of halogens is 1. The second kappa shape index (κ2) is 5.14. The lowest BCUT2D eigenvalue weighted by Crippen LogP contribution is -2.47. The van der Waals surface area contributed by atoms with Crippen LogP contribution in [0.2, 0.25) is 0 Å². The van der Waals surface area contributed by atoms with Crippen molar-refractivity contribution >= 4 is 27.4 Å². The van der Waals surface area contributed by atoms with Crippen LogP contribution in [0.3, 0.4) is 0 Å². The fraction of sp³-hybridized carbons (Fsp3) is 0.438. The van der Waals surface area contributed by atoms with E-state index in [4.69, 9.17) is 0 Å². The quantitative estimate of drug-likeness (QED) is 0.906. The molecule has 3 atom stereocenters. The van der Waals surface area contributed by atoms with Gasteiger partial charge in [0.25, 0.3) is 5.91 Å². The highest BCUT2D eigenvalue weighted by Gasteiger charge is 2.32. The lowest BCUT2D eigenvalue weighted by molar-refractivity contribution is 0.0909. The SMILES string of the molecule is O=C(N[C@@H]1C[C@H]2CCN(C2)C1)c1ccn2ccc(Br)c2c1. The molecule has 1 unspecified atom stereocenters. The first-order valence-electron chi connectivity index (χ1n) is 7.48. The zero-order valence-electron chi connectivity index (χ0n) is 11.8. The highest BCUT2D eigenvalue weighted by Crippen LogP contribution is 2.27. The van der Waals surface area contributed by atoms with E-state index in [0.29, 0.717) is 6.04 Å². The van der Waals surface area contributed by atoms with E-state index < -0.39 is 0 Å². The van der Waals surface area contributed by atoms with Gasteiger partial charge in [-0.1, -0.05) is 0 Å². The van der Waals surface area contributed by atoms with Gasteiger partial charge in [-0.25, -0.2) is 0 Å². The lowest BCUT2D eigenvalue weighted by atomic mass is 9.96. The molecule has 2 aromatic heterocycles. The van der Waals surface area contributed by atoms with E-state index in [1.165, 1.54) is 19.5 Å². The van der Waals surface area contributed by atoms with Gasteiger partial charge >= 0.3 is 0 Å². The maximum absolute atomic E-state index is 12.5. The maximum atomic E-state index is 12.5. The molecule has 110 valence electrons. The van der Waals surface area contributed by atoms with Gasteiger partial charge in [0.15, 0.2) is 0 Å². The van der Waals surface area contributed by atoms with E-state index in [1.54, 1.807) is 0 Å². The maximum Gasteiger partial charge on any atom is 0.251 e. The van der Waals surface area contributed by atoms with Crippen molar-refractivity contribution < 1.29 is 4.79 Å². The van der Waals surface area contributed by atoms with Crippen molar-refractivity contribution in [3.63, 3.8) is 0 Å². The third-order valence-corrected chi connectivity index (χ3v) is 5.35. The van der Waals surface area contributed by atoms with E-state index in [-0.39, 0.29) is 5.91 Å². The number of nitrogens with zero attached hydrogens (tertiary/aromatic N) is 2. The Labute approximate surface area is 132 Å². The number of pyridine rings is 1. The van der Waals surface area contributed by atoms with Crippen molar-refractivity contribution in [3.8, 4) is 0 Å². The predicted octanol–water partition coefficient (Wildman–Crippen LogP) is 2.53. The first kappa shape index (κ1) is 13.3. The largest absolute Gasteiger partial charge is 0.348 e. The van der Waals surface area contributed by atoms with E-state index >= 15 is 0 Å². The number of hydrogen-bond donors (Lipinski definition) is 1. The number of rotatable bonds is 2. The molecule has 2 saturated heterocycles. The van der Waals surface area contributed by atoms with Crippen LogP contribution >= 0.6 is 15.9 Å². The number of piperidine rings is 1. The number of aromatic nitrogens is 1. The predicted molar refractivity (Wildman–Crippen MR) is 85.5 cm³/mol. The van der Waals surface area contributed by atoms with Gasteiger partial charge in [0.2, 0.25) is 0 Å². The molecular formula is C16H18BrN3O. The second-order valence-corrected chi connectivity index (χ2v) is 7.05. The number of hydrogen-bond acceptors (Lipinski definition) is 2. The van der Waals surface area contributed by atoms with Crippen molar-refractivity contribution in [2.75, 3.05) is 19.6 Å². The smallest absolute Gasteiger partial charge is 0.251 e. The zero-order valence-corrected chi connectivity index (χ0v) is 13.3. The van der Waals surface area contributed by atoms with Crippen molar-refractivity contribution in [2.24, 2.45) is 5.92 Å². The normalized spacial score (nSPS) is 28.0. The van der Waals surface area contributed by atoms with Gasteiger partial charge in [-0.05, 0) is 59.4 Å². The molecule has 2 fully saturated rings. The average Bonchev–Trinajstić information content (AvgIpc) is 3.02. The van der Waals surface area contributed by atoms with Crippen LogP contribution in [0.4, 0.5) is 0 Å². The Kier molecular flexibility index (Phi) is 3.27. The third-order valence-electron chi connectivity index (χ3n) is 4.68. The van der Waals surface area contributed by atoms with Crippen LogP contribution in [0.25, 0.3) is 5.52 Å². The Morgan fingerprint density at radius 1 is 1.29 bits per heavy atom. The van der Waals surface area contributed by atoms with Crippen molar-refractivity contribution in [1.82, 2.24) is 14.6 Å². The fourth-order valence-electron chi connectivity index (χ4n) is 3.64. The van der Waals surface area contributed by atoms with Crippen molar-refractivity contribution in [1.29, 1.82) is 0 Å². The zero-order chi connectivity index (χ0) is 14.4. The van der Waals surface area contributed by atoms with Crippen LogP contribution in [0.1, 0.15) is 23.2 Å². The van der Waals surface area contributed by atoms with Gasteiger partial charge in [-0.2, -0.15) is 0 Å². The Morgan fingerprint density at radius 2 is 2.14 bits per heavy atom. The molecule has 0 radical (unpaired) electrons. The first-order valence-corrected chi connectivity index (χ1v) is 8.28. The summed E-state index contributed by atoms with van der Waals surface area (Å²) in [6.07, 6.45) is 6.32. The second-order valence-electron chi connectivity index (χ2n) is 6.19. The molecule has 2 aliphatic rings. The number of amides is 1. The van der Waals surface area contributed by atoms with E-state index in [1.807, 2.05) is 35.0 Å². The Hall–Kier alpha value is -1.33. The molecule has 0 aliphatic carbocycles. The monoisotopic (exact) mass is 347 g/mol. The third kappa shape index (κ3) is 2.49. The van der Waals surface area contributed by atoms with E-state index in [2.05, 4.69) is 26.1 Å².